The first-order chi connectivity index (χ1) is 9.04. The van der Waals surface area contributed by atoms with Crippen molar-refractivity contribution >= 4 is 23.0 Å². The number of fused-ring (bicyclic) bond motifs is 1. The van der Waals surface area contributed by atoms with E-state index in [9.17, 15) is 9.59 Å². The van der Waals surface area contributed by atoms with Crippen LogP contribution in [0.15, 0.2) is 24.3 Å². The third-order valence-corrected chi connectivity index (χ3v) is 2.78. The van der Waals surface area contributed by atoms with Crippen molar-refractivity contribution in [2.75, 3.05) is 14.1 Å². The molecule has 0 bridgehead atoms. The lowest BCUT2D eigenvalue weighted by atomic mass is 10.1. The summed E-state index contributed by atoms with van der Waals surface area (Å²) in [5.74, 6) is 0.0402. The molecule has 0 unspecified atom stereocenters. The highest BCUT2D eigenvalue weighted by Gasteiger charge is 2.07. The second kappa shape index (κ2) is 6.85. The number of carbonyl (C=O) groups excluding carboxylic acids is 2. The van der Waals surface area contributed by atoms with E-state index >= 15 is 0 Å². The summed E-state index contributed by atoms with van der Waals surface area (Å²) in [4.78, 5) is 21.9. The molecule has 0 spiro atoms. The first-order valence-corrected chi connectivity index (χ1v) is 6.18. The maximum atomic E-state index is 11.3. The Balaban J connectivity index is 0.000000550. The van der Waals surface area contributed by atoms with E-state index in [1.54, 1.807) is 6.92 Å². The third kappa shape index (κ3) is 3.51. The Kier molecular flexibility index (Phi) is 5.45. The van der Waals surface area contributed by atoms with E-state index in [0.29, 0.717) is 12.1 Å². The van der Waals surface area contributed by atoms with Crippen molar-refractivity contribution in [3.8, 4) is 0 Å². The number of ketones is 1. The lowest BCUT2D eigenvalue weighted by molar-refractivity contribution is -0.108. The maximum Gasteiger partial charge on any atom is 0.159 e. The van der Waals surface area contributed by atoms with Crippen LogP contribution in [0.25, 0.3) is 10.9 Å². The van der Waals surface area contributed by atoms with Crippen molar-refractivity contribution in [1.82, 2.24) is 9.88 Å². The second-order valence-corrected chi connectivity index (χ2v) is 4.39. The van der Waals surface area contributed by atoms with Crippen LogP contribution >= 0.6 is 0 Å². The number of aromatic nitrogens is 1. The van der Waals surface area contributed by atoms with Crippen LogP contribution in [-0.2, 0) is 11.3 Å². The predicted octanol–water partition coefficient (Wildman–Crippen LogP) is 2.19. The number of hydrogen-bond acceptors (Lipinski definition) is 3. The van der Waals surface area contributed by atoms with Crippen molar-refractivity contribution in [2.45, 2.75) is 20.4 Å². The minimum atomic E-state index is 0.0402. The molecule has 0 aliphatic rings. The van der Waals surface area contributed by atoms with E-state index in [2.05, 4.69) is 5.32 Å². The minimum absolute atomic E-state index is 0.0402. The highest BCUT2D eigenvalue weighted by Crippen LogP contribution is 2.21. The Hall–Kier alpha value is -1.94. The van der Waals surface area contributed by atoms with Gasteiger partial charge in [0.1, 0.15) is 6.29 Å². The molecule has 1 heterocycles. The Bertz CT molecular complexity index is 585. The van der Waals surface area contributed by atoms with Gasteiger partial charge in [0.05, 0.1) is 6.54 Å². The number of nitrogens with zero attached hydrogens (tertiary/aromatic N) is 1. The average molecular weight is 260 g/mol. The summed E-state index contributed by atoms with van der Waals surface area (Å²) in [6.45, 7) is 3.83. The highest BCUT2D eigenvalue weighted by atomic mass is 16.1. The van der Waals surface area contributed by atoms with Crippen molar-refractivity contribution in [2.24, 2.45) is 0 Å². The zero-order valence-electron chi connectivity index (χ0n) is 11.9. The Morgan fingerprint density at radius 2 is 1.95 bits per heavy atom. The molecule has 0 atom stereocenters. The smallest absolute Gasteiger partial charge is 0.159 e. The summed E-state index contributed by atoms with van der Waals surface area (Å²) in [5.41, 5.74) is 2.65. The van der Waals surface area contributed by atoms with E-state index in [4.69, 9.17) is 0 Å². The molecule has 1 N–H and O–H groups in total. The van der Waals surface area contributed by atoms with Crippen LogP contribution < -0.4 is 5.32 Å². The topological polar surface area (TPSA) is 51.1 Å². The number of carbonyl (C=O) groups is 2. The van der Waals surface area contributed by atoms with Gasteiger partial charge in [-0.05, 0) is 45.5 Å². The molecule has 2 aromatic rings. The fraction of sp³-hybridized carbons (Fsp3) is 0.333. The quantitative estimate of drug-likeness (QED) is 0.680. The summed E-state index contributed by atoms with van der Waals surface area (Å²) < 4.78 is 1.91. The van der Waals surface area contributed by atoms with Crippen molar-refractivity contribution in [3.63, 3.8) is 0 Å². The Morgan fingerprint density at radius 1 is 1.32 bits per heavy atom. The molecule has 0 radical (unpaired) electrons. The van der Waals surface area contributed by atoms with Crippen LogP contribution in [0.5, 0.6) is 0 Å². The molecule has 0 aliphatic heterocycles. The first-order valence-electron chi connectivity index (χ1n) is 6.18. The molecule has 0 saturated carbocycles. The Morgan fingerprint density at radius 3 is 2.47 bits per heavy atom. The summed E-state index contributed by atoms with van der Waals surface area (Å²) in [6.07, 6.45) is 0.868. The number of Topliss-reactive ketones (excluding diaryl/α,β-unsaturated/α-hetero) is 1. The minimum Gasteiger partial charge on any atom is -0.338 e. The molecular weight excluding hydrogens is 240 g/mol. The fourth-order valence-corrected chi connectivity index (χ4v) is 1.93. The maximum absolute atomic E-state index is 11.3. The highest BCUT2D eigenvalue weighted by molar-refractivity contribution is 5.98. The number of hydrogen-bond donors (Lipinski definition) is 1. The fourth-order valence-electron chi connectivity index (χ4n) is 1.93. The normalized spacial score (nSPS) is 9.89. The molecule has 4 nitrogen and oxygen atoms in total. The monoisotopic (exact) mass is 260 g/mol. The van der Waals surface area contributed by atoms with Gasteiger partial charge in [-0.15, -0.1) is 0 Å². The van der Waals surface area contributed by atoms with E-state index in [0.717, 1.165) is 22.9 Å². The number of aryl methyl sites for hydroxylation is 1. The number of benzene rings is 1. The van der Waals surface area contributed by atoms with E-state index in [1.807, 2.05) is 49.9 Å². The molecule has 4 heteroatoms. The summed E-state index contributed by atoms with van der Waals surface area (Å²) >= 11 is 0. The van der Waals surface area contributed by atoms with E-state index in [-0.39, 0.29) is 5.78 Å². The van der Waals surface area contributed by atoms with Crippen molar-refractivity contribution < 1.29 is 9.59 Å². The molecule has 0 amide bonds. The second-order valence-electron chi connectivity index (χ2n) is 4.39. The van der Waals surface area contributed by atoms with Crippen LogP contribution in [0.1, 0.15) is 23.0 Å². The van der Waals surface area contributed by atoms with Gasteiger partial charge in [-0.3, -0.25) is 4.79 Å². The Labute approximate surface area is 113 Å². The summed E-state index contributed by atoms with van der Waals surface area (Å²) in [6, 6.07) is 7.59. The molecule has 1 aromatic heterocycles. The largest absolute Gasteiger partial charge is 0.338 e. The van der Waals surface area contributed by atoms with Gasteiger partial charge in [0.2, 0.25) is 0 Å². The van der Waals surface area contributed by atoms with Crippen molar-refractivity contribution in [1.29, 1.82) is 0 Å². The lowest BCUT2D eigenvalue weighted by Gasteiger charge is -2.03. The molecular formula is C15H20N2O2. The summed E-state index contributed by atoms with van der Waals surface area (Å²) in [5, 5.41) is 3.81. The van der Waals surface area contributed by atoms with Gasteiger partial charge in [0.25, 0.3) is 0 Å². The lowest BCUT2D eigenvalue weighted by Crippen LogP contribution is -2.01. The molecule has 0 saturated heterocycles. The van der Waals surface area contributed by atoms with Crippen LogP contribution in [0.4, 0.5) is 0 Å². The van der Waals surface area contributed by atoms with Crippen LogP contribution in [-0.4, -0.2) is 30.7 Å². The molecule has 1 aromatic carbocycles. The number of rotatable bonds is 3. The first kappa shape index (κ1) is 15.1. The number of aldehydes is 1. The van der Waals surface area contributed by atoms with Crippen molar-refractivity contribution in [3.05, 3.63) is 35.5 Å². The van der Waals surface area contributed by atoms with Crippen LogP contribution in [0, 0.1) is 6.92 Å². The van der Waals surface area contributed by atoms with Gasteiger partial charge in [-0.1, -0.05) is 12.1 Å². The zero-order valence-corrected chi connectivity index (χ0v) is 11.9. The summed E-state index contributed by atoms with van der Waals surface area (Å²) in [7, 11) is 3.75. The van der Waals surface area contributed by atoms with Gasteiger partial charge in [-0.25, -0.2) is 0 Å². The standard InChI is InChI=1S/C13H13NO2.C2H7N/c1-9-7-12-4-3-11(10(2)16)8-13(12)14(9)5-6-15;1-3-2/h3-4,6-8H,5H2,1-2H3;3H,1-2H3. The third-order valence-electron chi connectivity index (χ3n) is 2.78. The number of nitrogens with one attached hydrogen (secondary N) is 1. The average Bonchev–Trinajstić information content (AvgIpc) is 2.67. The van der Waals surface area contributed by atoms with E-state index in [1.165, 1.54) is 0 Å². The van der Waals surface area contributed by atoms with Gasteiger partial charge >= 0.3 is 0 Å². The molecule has 0 fully saturated rings. The van der Waals surface area contributed by atoms with Gasteiger partial charge in [0.15, 0.2) is 5.78 Å². The van der Waals surface area contributed by atoms with Gasteiger partial charge in [0, 0.05) is 16.8 Å². The van der Waals surface area contributed by atoms with Crippen LogP contribution in [0.3, 0.4) is 0 Å². The van der Waals surface area contributed by atoms with Gasteiger partial charge < -0.3 is 14.7 Å². The van der Waals surface area contributed by atoms with Gasteiger partial charge in [-0.2, -0.15) is 0 Å². The van der Waals surface area contributed by atoms with Crippen LogP contribution in [0.2, 0.25) is 0 Å². The molecule has 0 aliphatic carbocycles. The molecule has 19 heavy (non-hydrogen) atoms. The predicted molar refractivity (Wildman–Crippen MR) is 77.7 cm³/mol. The van der Waals surface area contributed by atoms with E-state index < -0.39 is 0 Å². The molecule has 102 valence electrons. The SMILES string of the molecule is CC(=O)c1ccc2cc(C)n(CC=O)c2c1.CNC. The molecule has 2 rings (SSSR count). The zero-order chi connectivity index (χ0) is 14.4.